The van der Waals surface area contributed by atoms with Crippen molar-refractivity contribution in [1.82, 2.24) is 40.3 Å². The third-order valence-electron chi connectivity index (χ3n) is 15.3. The van der Waals surface area contributed by atoms with Crippen LogP contribution in [0.4, 0.5) is 9.18 Å². The number of nitrogens with one attached hydrogen (secondary N) is 2. The molecule has 5 amide bonds. The van der Waals surface area contributed by atoms with Crippen molar-refractivity contribution >= 4 is 35.7 Å². The minimum Gasteiger partial charge on any atom is -0.467 e. The van der Waals surface area contributed by atoms with Crippen LogP contribution in [-0.4, -0.2) is 156 Å². The summed E-state index contributed by atoms with van der Waals surface area (Å²) in [7, 11) is 7.39. The summed E-state index contributed by atoms with van der Waals surface area (Å²) in [6.45, 7) is 13.4. The van der Waals surface area contributed by atoms with Gasteiger partial charge in [0, 0.05) is 46.3 Å². The van der Waals surface area contributed by atoms with Crippen LogP contribution in [0, 0.1) is 29.5 Å². The maximum atomic E-state index is 14.8. The second-order valence-corrected chi connectivity index (χ2v) is 20.8. The van der Waals surface area contributed by atoms with E-state index in [4.69, 9.17) is 18.9 Å². The summed E-state index contributed by atoms with van der Waals surface area (Å²) in [5.41, 5.74) is 5.39. The minimum atomic E-state index is -1.16. The predicted octanol–water partition coefficient (Wildman–Crippen LogP) is 6.71. The zero-order chi connectivity index (χ0) is 55.5. The molecule has 0 saturated carbocycles. The lowest BCUT2D eigenvalue weighted by Crippen LogP contribution is -2.60. The number of methoxy groups -OCH3 is 3. The van der Waals surface area contributed by atoms with E-state index in [1.54, 1.807) is 42.1 Å². The van der Waals surface area contributed by atoms with Gasteiger partial charge in [0.15, 0.2) is 0 Å². The normalized spacial score (nSPS) is 17.4. The Balaban J connectivity index is 1.10. The number of amides is 5. The zero-order valence-corrected chi connectivity index (χ0v) is 46.0. The predicted molar refractivity (Wildman–Crippen MR) is 284 cm³/mol. The van der Waals surface area contributed by atoms with Crippen LogP contribution >= 0.6 is 0 Å². The monoisotopic (exact) mass is 1050 g/mol. The van der Waals surface area contributed by atoms with Crippen molar-refractivity contribution in [3.8, 4) is 22.4 Å². The van der Waals surface area contributed by atoms with E-state index in [-0.39, 0.29) is 55.1 Å². The summed E-state index contributed by atoms with van der Waals surface area (Å²) < 4.78 is 38.0. The second-order valence-electron chi connectivity index (χ2n) is 20.8. The average Bonchev–Trinajstić information content (AvgIpc) is 4.17. The van der Waals surface area contributed by atoms with Crippen LogP contribution in [0.15, 0.2) is 79.0 Å². The summed E-state index contributed by atoms with van der Waals surface area (Å²) in [4.78, 5) is 89.0. The number of carbonyl (C=O) groups excluding carboxylic acids is 6. The van der Waals surface area contributed by atoms with Crippen molar-refractivity contribution in [2.24, 2.45) is 23.7 Å². The second kappa shape index (κ2) is 26.4. The summed E-state index contributed by atoms with van der Waals surface area (Å²) in [5.74, 6) is -4.64. The van der Waals surface area contributed by atoms with E-state index < -0.39 is 78.0 Å². The highest BCUT2D eigenvalue weighted by atomic mass is 19.1. The van der Waals surface area contributed by atoms with Gasteiger partial charge in [0.05, 0.1) is 56.5 Å². The zero-order valence-electron chi connectivity index (χ0n) is 46.0. The number of benzene rings is 3. The quantitative estimate of drug-likeness (QED) is 0.0704. The Labute approximate surface area is 446 Å². The summed E-state index contributed by atoms with van der Waals surface area (Å²) in [6, 6.07) is 17.6. The molecule has 1 aromatic heterocycles. The Bertz CT molecular complexity index is 2600. The molecule has 2 N–H and O–H groups in total. The molecule has 1 aliphatic carbocycles. The van der Waals surface area contributed by atoms with Crippen molar-refractivity contribution in [3.05, 3.63) is 95.9 Å². The van der Waals surface area contributed by atoms with E-state index in [9.17, 15) is 33.2 Å². The molecule has 9 atom stereocenters. The van der Waals surface area contributed by atoms with Crippen molar-refractivity contribution in [1.29, 1.82) is 0 Å². The lowest BCUT2D eigenvalue weighted by molar-refractivity contribution is -0.149. The standard InChI is InChI=1S/C57H77FN8O10/c1-13-35(6)51(63(8)55(70)49(33(2)3)60-54(69)50(34(4)5)64(9)57(72)76-32-43-41-21-16-14-19-39(41)40-20-15-17-22-42(40)43)47(73-10)29-48(67)66-28-18-23-46(66)52(74-11)36(7)53(68)59-45(56(71)75-12)31-65-30-44(61-62-65)37-24-26-38(58)27-25-37/h14-17,19-22,24-27,30,33-36,43,45-47,49-52H,13,18,23,28-29,31-32H2,1-12H3,(H,59,68)(H,60,69)/t35-,36+,45-,46-,47+,49-,50-,51-,52+/m0/s1. The summed E-state index contributed by atoms with van der Waals surface area (Å²) in [6.07, 6.45) is 1.10. The number of hydrogen-bond acceptors (Lipinski definition) is 12. The van der Waals surface area contributed by atoms with Gasteiger partial charge in [-0.3, -0.25) is 24.1 Å². The van der Waals surface area contributed by atoms with E-state index >= 15 is 0 Å². The fraction of sp³-hybridized carbons (Fsp3) is 0.544. The molecule has 0 radical (unpaired) electrons. The first-order valence-electron chi connectivity index (χ1n) is 26.3. The van der Waals surface area contributed by atoms with E-state index in [1.165, 1.54) is 50.1 Å². The Morgan fingerprint density at radius 1 is 0.803 bits per heavy atom. The highest BCUT2D eigenvalue weighted by Crippen LogP contribution is 2.44. The molecular formula is C57H77FN8O10. The Morgan fingerprint density at radius 3 is 2.00 bits per heavy atom. The van der Waals surface area contributed by atoms with Gasteiger partial charge in [0.2, 0.25) is 23.6 Å². The lowest BCUT2D eigenvalue weighted by atomic mass is 9.89. The fourth-order valence-electron chi connectivity index (χ4n) is 11.0. The van der Waals surface area contributed by atoms with Gasteiger partial charge in [0.25, 0.3) is 0 Å². The van der Waals surface area contributed by atoms with Crippen LogP contribution in [-0.2, 0) is 49.5 Å². The molecule has 2 heterocycles. The van der Waals surface area contributed by atoms with Gasteiger partial charge in [-0.1, -0.05) is 109 Å². The number of likely N-dealkylation sites (N-methyl/N-ethyl adjacent to an activating group) is 2. The number of carbonyl (C=O) groups is 6. The third-order valence-corrected chi connectivity index (χ3v) is 15.3. The van der Waals surface area contributed by atoms with Crippen LogP contribution in [0.5, 0.6) is 0 Å². The third kappa shape index (κ3) is 13.3. The average molecular weight is 1050 g/mol. The maximum absolute atomic E-state index is 14.8. The molecule has 2 aliphatic rings. The van der Waals surface area contributed by atoms with Crippen molar-refractivity contribution in [3.63, 3.8) is 0 Å². The minimum absolute atomic E-state index is 0.0820. The highest BCUT2D eigenvalue weighted by Gasteiger charge is 2.44. The van der Waals surface area contributed by atoms with Crippen molar-refractivity contribution in [2.45, 2.75) is 129 Å². The van der Waals surface area contributed by atoms with Crippen LogP contribution in [0.2, 0.25) is 0 Å². The number of fused-ring (bicyclic) bond motifs is 3. The molecule has 0 unspecified atom stereocenters. The molecule has 4 aromatic rings. The Kier molecular flexibility index (Phi) is 20.3. The summed E-state index contributed by atoms with van der Waals surface area (Å²) in [5, 5.41) is 14.0. The van der Waals surface area contributed by atoms with Crippen LogP contribution in [0.1, 0.15) is 91.2 Å². The highest BCUT2D eigenvalue weighted by molar-refractivity contribution is 5.92. The topological polar surface area (TPSA) is 204 Å². The molecule has 76 heavy (non-hydrogen) atoms. The first-order valence-corrected chi connectivity index (χ1v) is 26.3. The number of halogens is 1. The van der Waals surface area contributed by atoms with Gasteiger partial charge in [-0.25, -0.2) is 18.7 Å². The van der Waals surface area contributed by atoms with E-state index in [2.05, 4.69) is 33.1 Å². The molecule has 412 valence electrons. The van der Waals surface area contributed by atoms with Crippen LogP contribution in [0.25, 0.3) is 22.4 Å². The summed E-state index contributed by atoms with van der Waals surface area (Å²) >= 11 is 0. The van der Waals surface area contributed by atoms with E-state index in [1.807, 2.05) is 77.9 Å². The lowest BCUT2D eigenvalue weighted by Gasteiger charge is -2.41. The van der Waals surface area contributed by atoms with Gasteiger partial charge in [0.1, 0.15) is 36.2 Å². The van der Waals surface area contributed by atoms with E-state index in [0.717, 1.165) is 22.3 Å². The van der Waals surface area contributed by atoms with Crippen LogP contribution in [0.3, 0.4) is 0 Å². The van der Waals surface area contributed by atoms with Gasteiger partial charge in [-0.15, -0.1) is 5.10 Å². The van der Waals surface area contributed by atoms with Gasteiger partial charge in [-0.2, -0.15) is 0 Å². The number of ether oxygens (including phenoxy) is 4. The van der Waals surface area contributed by atoms with E-state index in [0.29, 0.717) is 37.1 Å². The molecule has 1 aliphatic heterocycles. The molecule has 18 nitrogen and oxygen atoms in total. The molecule has 0 spiro atoms. The van der Waals surface area contributed by atoms with Crippen LogP contribution < -0.4 is 10.6 Å². The van der Waals surface area contributed by atoms with Crippen molar-refractivity contribution < 1.29 is 52.1 Å². The molecule has 3 aromatic carbocycles. The molecule has 19 heteroatoms. The number of rotatable bonds is 24. The maximum Gasteiger partial charge on any atom is 0.410 e. The van der Waals surface area contributed by atoms with Gasteiger partial charge in [-0.05, 0) is 77.1 Å². The Hall–Kier alpha value is -6.73. The van der Waals surface area contributed by atoms with Gasteiger partial charge >= 0.3 is 12.1 Å². The van der Waals surface area contributed by atoms with Gasteiger partial charge < -0.3 is 39.4 Å². The number of aromatic nitrogens is 3. The molecule has 1 fully saturated rings. The smallest absolute Gasteiger partial charge is 0.410 e. The number of hydrogen-bond donors (Lipinski definition) is 2. The first kappa shape index (κ1) is 58.5. The Morgan fingerprint density at radius 2 is 1.43 bits per heavy atom. The molecular weight excluding hydrogens is 976 g/mol. The number of esters is 1. The van der Waals surface area contributed by atoms with Crippen molar-refractivity contribution in [2.75, 3.05) is 48.6 Å². The number of nitrogens with zero attached hydrogens (tertiary/aromatic N) is 6. The molecule has 1 saturated heterocycles. The fourth-order valence-corrected chi connectivity index (χ4v) is 11.0. The number of likely N-dealkylation sites (tertiary alicyclic amines) is 1. The first-order chi connectivity index (χ1) is 36.3. The molecule has 0 bridgehead atoms. The SMILES string of the molecule is CC[C@H](C)[C@@H]([C@@H](CC(=O)N1CCC[C@H]1[C@H](OC)[C@@H](C)C(=O)N[C@@H](Cn1cc(-c2ccc(F)cc2)nn1)C(=O)OC)OC)N(C)C(=O)[C@@H](NC(=O)[C@H](C(C)C)N(C)C(=O)OCC1c2ccccc2-c2ccccc21)C(C)C. The molecule has 6 rings (SSSR count). The largest absolute Gasteiger partial charge is 0.467 e.